The summed E-state index contributed by atoms with van der Waals surface area (Å²) >= 11 is 5.78. The third kappa shape index (κ3) is 7.54. The quantitative estimate of drug-likeness (QED) is 0.662. The molecule has 2 N–H and O–H groups in total. The lowest BCUT2D eigenvalue weighted by Crippen LogP contribution is -2.85. The van der Waals surface area contributed by atoms with Crippen LogP contribution >= 0.6 is 11.6 Å². The van der Waals surface area contributed by atoms with Crippen molar-refractivity contribution in [3.8, 4) is 5.75 Å². The fourth-order valence-electron chi connectivity index (χ4n) is 1.51. The van der Waals surface area contributed by atoms with E-state index < -0.39 is 0 Å². The Labute approximate surface area is 114 Å². The van der Waals surface area contributed by atoms with Crippen LogP contribution in [0, 0.1) is 0 Å². The molecule has 3 nitrogen and oxygen atoms in total. The topological polar surface area (TPSA) is 35.1 Å². The van der Waals surface area contributed by atoms with Crippen LogP contribution in [-0.4, -0.2) is 32.9 Å². The van der Waals surface area contributed by atoms with E-state index >= 15 is 0 Å². The Bertz CT molecular complexity index is 303. The fourth-order valence-corrected chi connectivity index (χ4v) is 1.64. The summed E-state index contributed by atoms with van der Waals surface area (Å²) in [5, 5.41) is 3.02. The van der Waals surface area contributed by atoms with E-state index in [2.05, 4.69) is 12.2 Å². The first-order valence-electron chi connectivity index (χ1n) is 6.60. The molecule has 0 aliphatic carbocycles. The van der Waals surface area contributed by atoms with Crippen molar-refractivity contribution in [2.75, 3.05) is 32.9 Å². The minimum atomic E-state index is 0.580. The highest BCUT2D eigenvalue weighted by atomic mass is 35.5. The summed E-state index contributed by atoms with van der Waals surface area (Å²) in [6, 6.07) is 7.36. The molecule has 0 radical (unpaired) electrons. The molecule has 0 atom stereocenters. The second-order valence-electron chi connectivity index (χ2n) is 4.13. The maximum Gasteiger partial charge on any atom is 0.119 e. The molecule has 1 aromatic rings. The van der Waals surface area contributed by atoms with Crippen LogP contribution in [0.15, 0.2) is 24.3 Å². The number of nitrogens with two attached hydrogens (primary N) is 1. The minimum Gasteiger partial charge on any atom is -0.491 e. The normalized spacial score (nSPS) is 10.6. The van der Waals surface area contributed by atoms with Crippen LogP contribution in [0.1, 0.15) is 19.8 Å². The molecule has 0 bridgehead atoms. The van der Waals surface area contributed by atoms with Gasteiger partial charge in [-0.25, -0.2) is 0 Å². The van der Waals surface area contributed by atoms with Crippen LogP contribution in [0.4, 0.5) is 0 Å². The van der Waals surface area contributed by atoms with Crippen LogP contribution in [0.3, 0.4) is 0 Å². The van der Waals surface area contributed by atoms with Gasteiger partial charge in [-0.05, 0) is 30.7 Å². The van der Waals surface area contributed by atoms with Crippen molar-refractivity contribution in [3.05, 3.63) is 29.3 Å². The van der Waals surface area contributed by atoms with E-state index in [-0.39, 0.29) is 0 Å². The summed E-state index contributed by atoms with van der Waals surface area (Å²) in [5.41, 5.74) is 0. The zero-order chi connectivity index (χ0) is 13.1. The van der Waals surface area contributed by atoms with Gasteiger partial charge in [0.15, 0.2) is 0 Å². The molecule has 0 spiro atoms. The van der Waals surface area contributed by atoms with Gasteiger partial charge in [-0.2, -0.15) is 0 Å². The van der Waals surface area contributed by atoms with Gasteiger partial charge in [-0.15, -0.1) is 0 Å². The van der Waals surface area contributed by atoms with Gasteiger partial charge in [0.25, 0.3) is 0 Å². The largest absolute Gasteiger partial charge is 0.491 e. The Kier molecular flexibility index (Phi) is 8.65. The molecule has 4 heteroatoms. The number of unbranched alkanes of at least 4 members (excludes halogenated alkanes) is 1. The number of hydrogen-bond acceptors (Lipinski definition) is 2. The van der Waals surface area contributed by atoms with E-state index in [0.29, 0.717) is 13.2 Å². The average molecular weight is 273 g/mol. The highest BCUT2D eigenvalue weighted by molar-refractivity contribution is 6.30. The molecule has 0 fully saturated rings. The number of hydrogen-bond donors (Lipinski definition) is 1. The molecule has 0 saturated heterocycles. The summed E-state index contributed by atoms with van der Waals surface area (Å²) < 4.78 is 11.0. The maximum absolute atomic E-state index is 5.78. The molecule has 0 heterocycles. The molecule has 0 unspecified atom stereocenters. The van der Waals surface area contributed by atoms with Gasteiger partial charge < -0.3 is 14.8 Å². The van der Waals surface area contributed by atoms with Crippen molar-refractivity contribution in [2.45, 2.75) is 19.8 Å². The summed E-state index contributed by atoms with van der Waals surface area (Å²) in [4.78, 5) is 0. The van der Waals surface area contributed by atoms with Crippen LogP contribution in [0.5, 0.6) is 5.75 Å². The maximum atomic E-state index is 5.78. The van der Waals surface area contributed by atoms with Gasteiger partial charge in [-0.1, -0.05) is 24.9 Å². The molecule has 1 rings (SSSR count). The first-order valence-corrected chi connectivity index (χ1v) is 6.98. The molecule has 18 heavy (non-hydrogen) atoms. The van der Waals surface area contributed by atoms with Crippen molar-refractivity contribution in [3.63, 3.8) is 0 Å². The van der Waals surface area contributed by atoms with E-state index in [1.807, 2.05) is 24.3 Å². The van der Waals surface area contributed by atoms with E-state index in [9.17, 15) is 0 Å². The Morgan fingerprint density at radius 1 is 1.06 bits per heavy atom. The lowest BCUT2D eigenvalue weighted by Gasteiger charge is -2.07. The van der Waals surface area contributed by atoms with Crippen molar-refractivity contribution in [1.29, 1.82) is 0 Å². The van der Waals surface area contributed by atoms with Crippen molar-refractivity contribution in [1.82, 2.24) is 0 Å². The van der Waals surface area contributed by atoms with E-state index in [4.69, 9.17) is 21.1 Å². The molecule has 0 aromatic heterocycles. The van der Waals surface area contributed by atoms with Gasteiger partial charge in [0, 0.05) is 5.02 Å². The number of benzene rings is 1. The van der Waals surface area contributed by atoms with E-state index in [1.54, 1.807) is 0 Å². The van der Waals surface area contributed by atoms with Gasteiger partial charge in [0.05, 0.1) is 26.3 Å². The molecule has 0 amide bonds. The monoisotopic (exact) mass is 272 g/mol. The molecule has 0 aliphatic rings. The third-order valence-corrected chi connectivity index (χ3v) is 2.79. The number of rotatable bonds is 10. The zero-order valence-corrected chi connectivity index (χ0v) is 11.8. The summed E-state index contributed by atoms with van der Waals surface area (Å²) in [5.74, 6) is 0.831. The predicted molar refractivity (Wildman–Crippen MR) is 74.3 cm³/mol. The van der Waals surface area contributed by atoms with Gasteiger partial charge in [-0.3, -0.25) is 0 Å². The standard InChI is InChI=1S/C14H22ClNO2/c1-2-3-8-16-9-10-17-11-12-18-14-6-4-13(15)5-7-14/h4-7,16H,2-3,8-12H2,1H3/p+1. The predicted octanol–water partition coefficient (Wildman–Crippen LogP) is 2.10. The van der Waals surface area contributed by atoms with Crippen molar-refractivity contribution < 1.29 is 14.8 Å². The summed E-state index contributed by atoms with van der Waals surface area (Å²) in [7, 11) is 0. The third-order valence-electron chi connectivity index (χ3n) is 2.54. The first kappa shape index (κ1) is 15.3. The van der Waals surface area contributed by atoms with Crippen LogP contribution in [0.2, 0.25) is 5.02 Å². The second kappa shape index (κ2) is 10.2. The SMILES string of the molecule is CCCC[NH2+]CCOCCOc1ccc(Cl)cc1. The van der Waals surface area contributed by atoms with Gasteiger partial charge in [0.2, 0.25) is 0 Å². The Hall–Kier alpha value is -0.770. The van der Waals surface area contributed by atoms with Crippen LogP contribution in [0.25, 0.3) is 0 Å². The lowest BCUT2D eigenvalue weighted by atomic mass is 10.3. The Morgan fingerprint density at radius 2 is 1.83 bits per heavy atom. The number of ether oxygens (including phenoxy) is 2. The minimum absolute atomic E-state index is 0.580. The molecule has 1 aromatic carbocycles. The zero-order valence-electron chi connectivity index (χ0n) is 11.0. The van der Waals surface area contributed by atoms with Crippen molar-refractivity contribution >= 4 is 11.6 Å². The fraction of sp³-hybridized carbons (Fsp3) is 0.571. The molecular weight excluding hydrogens is 250 g/mol. The Morgan fingerprint density at radius 3 is 2.56 bits per heavy atom. The molecular formula is C14H23ClNO2+. The van der Waals surface area contributed by atoms with E-state index in [1.165, 1.54) is 19.4 Å². The summed E-state index contributed by atoms with van der Waals surface area (Å²) in [6.45, 7) is 6.43. The van der Waals surface area contributed by atoms with Crippen molar-refractivity contribution in [2.24, 2.45) is 0 Å². The van der Waals surface area contributed by atoms with Gasteiger partial charge >= 0.3 is 0 Å². The molecule has 102 valence electrons. The lowest BCUT2D eigenvalue weighted by molar-refractivity contribution is -0.656. The van der Waals surface area contributed by atoms with Crippen LogP contribution in [-0.2, 0) is 4.74 Å². The molecule has 0 aliphatic heterocycles. The number of quaternary nitrogens is 1. The highest BCUT2D eigenvalue weighted by Gasteiger charge is 1.95. The molecule has 0 saturated carbocycles. The Balaban J connectivity index is 1.91. The average Bonchev–Trinajstić information content (AvgIpc) is 2.39. The van der Waals surface area contributed by atoms with E-state index in [0.717, 1.165) is 23.9 Å². The highest BCUT2D eigenvalue weighted by Crippen LogP contribution is 2.15. The number of halogens is 1. The smallest absolute Gasteiger partial charge is 0.119 e. The summed E-state index contributed by atoms with van der Waals surface area (Å²) in [6.07, 6.45) is 2.53. The van der Waals surface area contributed by atoms with Gasteiger partial charge in [0.1, 0.15) is 12.4 Å². The first-order chi connectivity index (χ1) is 8.83. The second-order valence-corrected chi connectivity index (χ2v) is 4.57. The van der Waals surface area contributed by atoms with Crippen LogP contribution < -0.4 is 10.1 Å².